The molecule has 1 aromatic carbocycles. The van der Waals surface area contributed by atoms with Gasteiger partial charge in [0.25, 0.3) is 0 Å². The van der Waals surface area contributed by atoms with Crippen LogP contribution in [0.15, 0.2) is 18.2 Å². The van der Waals surface area contributed by atoms with Crippen molar-refractivity contribution in [3.8, 4) is 5.75 Å². The Morgan fingerprint density at radius 3 is 2.85 bits per heavy atom. The molecule has 2 aliphatic rings. The van der Waals surface area contributed by atoms with Crippen LogP contribution in [-0.4, -0.2) is 30.8 Å². The molecule has 2 atom stereocenters. The lowest BCUT2D eigenvalue weighted by Gasteiger charge is -2.20. The van der Waals surface area contributed by atoms with Gasteiger partial charge in [-0.3, -0.25) is 10.1 Å². The smallest absolute Gasteiger partial charge is 0.333 e. The molecule has 2 unspecified atom stereocenters. The maximum Gasteiger partial charge on any atom is 0.333 e. The number of nitro benzene ring substituents is 1. The van der Waals surface area contributed by atoms with Crippen LogP contribution in [0.2, 0.25) is 0 Å². The van der Waals surface area contributed by atoms with E-state index in [9.17, 15) is 10.1 Å². The number of nitro groups is 1. The Morgan fingerprint density at radius 1 is 1.40 bits per heavy atom. The molecule has 1 saturated heterocycles. The zero-order chi connectivity index (χ0) is 14.1. The van der Waals surface area contributed by atoms with Gasteiger partial charge in [-0.25, -0.2) is 0 Å². The third-order valence-corrected chi connectivity index (χ3v) is 3.96. The number of anilines is 1. The first-order chi connectivity index (χ1) is 9.70. The summed E-state index contributed by atoms with van der Waals surface area (Å²) in [6.45, 7) is 0.719. The lowest BCUT2D eigenvalue weighted by molar-refractivity contribution is -0.384. The normalized spacial score (nSPS) is 25.4. The van der Waals surface area contributed by atoms with E-state index in [4.69, 9.17) is 9.47 Å². The minimum Gasteiger partial charge on any atom is -0.490 e. The second-order valence-corrected chi connectivity index (χ2v) is 5.33. The summed E-state index contributed by atoms with van der Waals surface area (Å²) >= 11 is 0. The van der Waals surface area contributed by atoms with Gasteiger partial charge in [-0.2, -0.15) is 0 Å². The third kappa shape index (κ3) is 2.43. The molecule has 1 aromatic rings. The summed E-state index contributed by atoms with van der Waals surface area (Å²) in [4.78, 5) is 10.9. The Hall–Kier alpha value is -1.82. The van der Waals surface area contributed by atoms with Gasteiger partial charge in [0.15, 0.2) is 5.75 Å². The van der Waals surface area contributed by atoms with Gasteiger partial charge in [0.05, 0.1) is 24.2 Å². The van der Waals surface area contributed by atoms with Crippen molar-refractivity contribution < 1.29 is 14.4 Å². The summed E-state index contributed by atoms with van der Waals surface area (Å²) in [5.41, 5.74) is 0.506. The van der Waals surface area contributed by atoms with Crippen LogP contribution in [0.25, 0.3) is 0 Å². The number of rotatable bonds is 5. The lowest BCUT2D eigenvalue weighted by Crippen LogP contribution is -2.31. The summed E-state index contributed by atoms with van der Waals surface area (Å²) in [6.07, 6.45) is 3.46. The summed E-state index contributed by atoms with van der Waals surface area (Å²) in [7, 11) is 1.44. The zero-order valence-corrected chi connectivity index (χ0v) is 11.4. The molecule has 1 aliphatic carbocycles. The van der Waals surface area contributed by atoms with E-state index in [0.29, 0.717) is 11.6 Å². The van der Waals surface area contributed by atoms with E-state index in [0.717, 1.165) is 13.0 Å². The van der Waals surface area contributed by atoms with E-state index in [2.05, 4.69) is 5.32 Å². The second-order valence-electron chi connectivity index (χ2n) is 5.33. The maximum atomic E-state index is 11.3. The van der Waals surface area contributed by atoms with Gasteiger partial charge in [0.2, 0.25) is 0 Å². The number of methoxy groups -OCH3 is 1. The SMILES string of the molecule is COc1cccc(NC2CCOC2C2CC2)c1[N+](=O)[O-]. The predicted octanol–water partition coefficient (Wildman–Crippen LogP) is 2.58. The average Bonchev–Trinajstić information content (AvgIpc) is 3.18. The first kappa shape index (κ1) is 13.2. The fraction of sp³-hybridized carbons (Fsp3) is 0.571. The molecule has 6 heteroatoms. The van der Waals surface area contributed by atoms with Gasteiger partial charge in [0, 0.05) is 6.61 Å². The van der Waals surface area contributed by atoms with Gasteiger partial charge < -0.3 is 14.8 Å². The van der Waals surface area contributed by atoms with Crippen LogP contribution >= 0.6 is 0 Å². The van der Waals surface area contributed by atoms with Gasteiger partial charge in [-0.05, 0) is 37.3 Å². The van der Waals surface area contributed by atoms with Crippen molar-refractivity contribution >= 4 is 11.4 Å². The fourth-order valence-electron chi connectivity index (χ4n) is 2.85. The lowest BCUT2D eigenvalue weighted by atomic mass is 10.1. The quantitative estimate of drug-likeness (QED) is 0.662. The highest BCUT2D eigenvalue weighted by Gasteiger charge is 2.41. The topological polar surface area (TPSA) is 73.6 Å². The molecule has 0 spiro atoms. The molecule has 1 saturated carbocycles. The molecular formula is C14H18N2O4. The highest BCUT2D eigenvalue weighted by Crippen LogP contribution is 2.41. The molecule has 2 fully saturated rings. The van der Waals surface area contributed by atoms with Crippen LogP contribution < -0.4 is 10.1 Å². The first-order valence-corrected chi connectivity index (χ1v) is 6.90. The summed E-state index contributed by atoms with van der Waals surface area (Å²) in [5, 5.41) is 14.5. The van der Waals surface area contributed by atoms with E-state index in [1.165, 1.54) is 20.0 Å². The van der Waals surface area contributed by atoms with E-state index in [-0.39, 0.29) is 23.6 Å². The van der Waals surface area contributed by atoms with Crippen molar-refractivity contribution in [2.24, 2.45) is 5.92 Å². The Morgan fingerprint density at radius 2 is 2.20 bits per heavy atom. The molecule has 0 amide bonds. The molecule has 108 valence electrons. The van der Waals surface area contributed by atoms with Crippen LogP contribution in [0, 0.1) is 16.0 Å². The molecule has 1 aliphatic heterocycles. The molecule has 0 aromatic heterocycles. The highest BCUT2D eigenvalue weighted by atomic mass is 16.6. The van der Waals surface area contributed by atoms with Crippen molar-refractivity contribution in [1.29, 1.82) is 0 Å². The molecule has 0 bridgehead atoms. The monoisotopic (exact) mass is 278 g/mol. The van der Waals surface area contributed by atoms with Crippen molar-refractivity contribution in [2.45, 2.75) is 31.4 Å². The van der Waals surface area contributed by atoms with Crippen LogP contribution in [0.1, 0.15) is 19.3 Å². The van der Waals surface area contributed by atoms with Gasteiger partial charge in [-0.15, -0.1) is 0 Å². The molecule has 1 heterocycles. The molecular weight excluding hydrogens is 260 g/mol. The number of hydrogen-bond donors (Lipinski definition) is 1. The molecule has 0 radical (unpaired) electrons. The van der Waals surface area contributed by atoms with Gasteiger partial charge in [-0.1, -0.05) is 6.07 Å². The van der Waals surface area contributed by atoms with Crippen LogP contribution in [0.5, 0.6) is 5.75 Å². The standard InChI is InChI=1S/C14H18N2O4/c1-19-12-4-2-3-10(13(12)16(17)18)15-11-7-8-20-14(11)9-5-6-9/h2-4,9,11,14-15H,5-8H2,1H3. The Kier molecular flexibility index (Phi) is 3.48. The van der Waals surface area contributed by atoms with Crippen LogP contribution in [-0.2, 0) is 4.74 Å². The summed E-state index contributed by atoms with van der Waals surface area (Å²) < 4.78 is 10.8. The largest absolute Gasteiger partial charge is 0.490 e. The summed E-state index contributed by atoms with van der Waals surface area (Å²) in [5.74, 6) is 0.890. The van der Waals surface area contributed by atoms with Crippen LogP contribution in [0.3, 0.4) is 0 Å². The molecule has 3 rings (SSSR count). The van der Waals surface area contributed by atoms with E-state index < -0.39 is 4.92 Å². The van der Waals surface area contributed by atoms with E-state index >= 15 is 0 Å². The van der Waals surface area contributed by atoms with Crippen molar-refractivity contribution in [2.75, 3.05) is 19.0 Å². The Balaban J connectivity index is 1.84. The van der Waals surface area contributed by atoms with Crippen molar-refractivity contribution in [3.63, 3.8) is 0 Å². The van der Waals surface area contributed by atoms with Gasteiger partial charge in [0.1, 0.15) is 5.69 Å². The number of nitrogens with zero attached hydrogens (tertiary/aromatic N) is 1. The van der Waals surface area contributed by atoms with Gasteiger partial charge >= 0.3 is 5.69 Å². The number of ether oxygens (including phenoxy) is 2. The summed E-state index contributed by atoms with van der Waals surface area (Å²) in [6, 6.07) is 5.24. The Bertz CT molecular complexity index is 516. The predicted molar refractivity (Wildman–Crippen MR) is 74.1 cm³/mol. The number of hydrogen-bond acceptors (Lipinski definition) is 5. The van der Waals surface area contributed by atoms with Crippen molar-refractivity contribution in [3.05, 3.63) is 28.3 Å². The number of benzene rings is 1. The fourth-order valence-corrected chi connectivity index (χ4v) is 2.85. The number of nitrogens with one attached hydrogen (secondary N) is 1. The molecule has 1 N–H and O–H groups in total. The highest BCUT2D eigenvalue weighted by molar-refractivity contribution is 5.68. The minimum atomic E-state index is -0.400. The number of para-hydroxylation sites is 1. The van der Waals surface area contributed by atoms with Crippen molar-refractivity contribution in [1.82, 2.24) is 0 Å². The zero-order valence-electron chi connectivity index (χ0n) is 11.4. The first-order valence-electron chi connectivity index (χ1n) is 6.90. The van der Waals surface area contributed by atoms with E-state index in [1.54, 1.807) is 18.2 Å². The van der Waals surface area contributed by atoms with Crippen LogP contribution in [0.4, 0.5) is 11.4 Å². The maximum absolute atomic E-state index is 11.3. The van der Waals surface area contributed by atoms with E-state index in [1.807, 2.05) is 0 Å². The second kappa shape index (κ2) is 5.28. The Labute approximate surface area is 117 Å². The minimum absolute atomic E-state index is 0.00329. The third-order valence-electron chi connectivity index (χ3n) is 3.96. The average molecular weight is 278 g/mol. The molecule has 6 nitrogen and oxygen atoms in total. The molecule has 20 heavy (non-hydrogen) atoms.